The summed E-state index contributed by atoms with van der Waals surface area (Å²) >= 11 is 0. The molecule has 1 aromatic carbocycles. The van der Waals surface area contributed by atoms with Crippen LogP contribution in [0.2, 0.25) is 0 Å². The van der Waals surface area contributed by atoms with Gasteiger partial charge >= 0.3 is 5.82 Å². The number of aryl methyl sites for hydroxylation is 1. The highest BCUT2D eigenvalue weighted by atomic mass is 19.1. The van der Waals surface area contributed by atoms with Gasteiger partial charge in [0.05, 0.1) is 12.1 Å². The fourth-order valence-corrected chi connectivity index (χ4v) is 2.79. The number of ether oxygens (including phenoxy) is 1. The Kier molecular flexibility index (Phi) is 4.24. The Morgan fingerprint density at radius 1 is 1.48 bits per heavy atom. The van der Waals surface area contributed by atoms with Gasteiger partial charge in [-0.05, 0) is 40.4 Å². The highest BCUT2D eigenvalue weighted by molar-refractivity contribution is 5.54. The lowest BCUT2D eigenvalue weighted by molar-refractivity contribution is -0.388. The molecule has 122 valence electrons. The van der Waals surface area contributed by atoms with Crippen molar-refractivity contribution in [1.82, 2.24) is 9.55 Å². The van der Waals surface area contributed by atoms with Crippen LogP contribution in [0.1, 0.15) is 24.4 Å². The van der Waals surface area contributed by atoms with Crippen molar-refractivity contribution in [2.45, 2.75) is 25.0 Å². The number of halogens is 1. The number of imidazole rings is 1. The molecule has 1 saturated heterocycles. The zero-order valence-corrected chi connectivity index (χ0v) is 12.6. The molecule has 0 saturated carbocycles. The average molecular weight is 320 g/mol. The molecule has 3 rings (SSSR count). The number of nitrogens with one attached hydrogen (secondary N) is 1. The highest BCUT2D eigenvalue weighted by Gasteiger charge is 2.31. The second-order valence-corrected chi connectivity index (χ2v) is 5.51. The SMILES string of the molecule is Cn1cnc([N+](=O)[O-])c1NC(c1ccc(F)cc1)C1CCCO1. The van der Waals surface area contributed by atoms with E-state index in [1.165, 1.54) is 18.5 Å². The van der Waals surface area contributed by atoms with Crippen LogP contribution in [0.25, 0.3) is 0 Å². The van der Waals surface area contributed by atoms with E-state index in [0.717, 1.165) is 18.4 Å². The molecule has 2 heterocycles. The zero-order valence-electron chi connectivity index (χ0n) is 12.6. The predicted molar refractivity (Wildman–Crippen MR) is 81.6 cm³/mol. The van der Waals surface area contributed by atoms with E-state index in [2.05, 4.69) is 10.3 Å². The molecule has 1 aliphatic rings. The summed E-state index contributed by atoms with van der Waals surface area (Å²) in [4.78, 5) is 14.4. The maximum absolute atomic E-state index is 13.2. The Morgan fingerprint density at radius 3 is 2.83 bits per heavy atom. The van der Waals surface area contributed by atoms with Gasteiger partial charge in [0.25, 0.3) is 0 Å². The van der Waals surface area contributed by atoms with Gasteiger partial charge in [0.15, 0.2) is 0 Å². The number of nitrogens with zero attached hydrogens (tertiary/aromatic N) is 3. The number of anilines is 1. The summed E-state index contributed by atoms with van der Waals surface area (Å²) in [6.07, 6.45) is 3.02. The lowest BCUT2D eigenvalue weighted by atomic mass is 9.99. The van der Waals surface area contributed by atoms with Crippen molar-refractivity contribution < 1.29 is 14.1 Å². The van der Waals surface area contributed by atoms with Gasteiger partial charge in [-0.2, -0.15) is 0 Å². The summed E-state index contributed by atoms with van der Waals surface area (Å²) in [5.41, 5.74) is 0.814. The summed E-state index contributed by atoms with van der Waals surface area (Å²) in [7, 11) is 1.68. The Bertz CT molecular complexity index is 695. The predicted octanol–water partition coefficient (Wildman–Crippen LogP) is 2.80. The number of hydrogen-bond acceptors (Lipinski definition) is 5. The van der Waals surface area contributed by atoms with Crippen LogP contribution < -0.4 is 5.32 Å². The Labute approximate surface area is 132 Å². The van der Waals surface area contributed by atoms with Crippen LogP contribution in [0.3, 0.4) is 0 Å². The summed E-state index contributed by atoms with van der Waals surface area (Å²) < 4.78 is 20.5. The van der Waals surface area contributed by atoms with Gasteiger partial charge in [0.1, 0.15) is 5.82 Å². The van der Waals surface area contributed by atoms with E-state index < -0.39 is 4.92 Å². The Morgan fingerprint density at radius 2 is 2.22 bits per heavy atom. The number of rotatable bonds is 5. The first-order valence-corrected chi connectivity index (χ1v) is 7.35. The number of benzene rings is 1. The van der Waals surface area contributed by atoms with Crippen molar-refractivity contribution in [1.29, 1.82) is 0 Å². The minimum atomic E-state index is -0.528. The topological polar surface area (TPSA) is 82.2 Å². The molecule has 7 nitrogen and oxygen atoms in total. The molecule has 0 aliphatic carbocycles. The van der Waals surface area contributed by atoms with Crippen molar-refractivity contribution >= 4 is 11.6 Å². The zero-order chi connectivity index (χ0) is 16.4. The first-order valence-electron chi connectivity index (χ1n) is 7.35. The van der Waals surface area contributed by atoms with E-state index in [4.69, 9.17) is 4.74 Å². The molecular weight excluding hydrogens is 303 g/mol. The normalized spacial score (nSPS) is 18.8. The van der Waals surface area contributed by atoms with E-state index in [1.54, 1.807) is 23.7 Å². The monoisotopic (exact) mass is 320 g/mol. The van der Waals surface area contributed by atoms with Crippen molar-refractivity contribution in [3.63, 3.8) is 0 Å². The van der Waals surface area contributed by atoms with Gasteiger partial charge in [-0.3, -0.25) is 4.57 Å². The second-order valence-electron chi connectivity index (χ2n) is 5.51. The summed E-state index contributed by atoms with van der Waals surface area (Å²) in [6, 6.07) is 5.76. The Balaban J connectivity index is 1.94. The molecule has 1 N–H and O–H groups in total. The average Bonchev–Trinajstić information content (AvgIpc) is 3.16. The van der Waals surface area contributed by atoms with Crippen molar-refractivity contribution in [2.24, 2.45) is 7.05 Å². The molecule has 23 heavy (non-hydrogen) atoms. The van der Waals surface area contributed by atoms with Crippen molar-refractivity contribution in [3.8, 4) is 0 Å². The molecule has 0 spiro atoms. The third kappa shape index (κ3) is 3.16. The van der Waals surface area contributed by atoms with Crippen molar-refractivity contribution in [2.75, 3.05) is 11.9 Å². The van der Waals surface area contributed by atoms with Gasteiger partial charge in [-0.1, -0.05) is 12.1 Å². The van der Waals surface area contributed by atoms with Crippen LogP contribution in [-0.2, 0) is 11.8 Å². The van der Waals surface area contributed by atoms with E-state index in [9.17, 15) is 14.5 Å². The molecule has 2 aromatic rings. The van der Waals surface area contributed by atoms with Crippen LogP contribution in [0.4, 0.5) is 16.0 Å². The molecule has 2 unspecified atom stereocenters. The molecule has 1 aromatic heterocycles. The quantitative estimate of drug-likeness (QED) is 0.676. The minimum absolute atomic E-state index is 0.130. The van der Waals surface area contributed by atoms with E-state index in [1.807, 2.05) is 0 Å². The molecule has 1 fully saturated rings. The third-order valence-corrected chi connectivity index (χ3v) is 3.95. The maximum atomic E-state index is 13.2. The summed E-state index contributed by atoms with van der Waals surface area (Å²) in [5.74, 6) is -0.260. The first kappa shape index (κ1) is 15.4. The van der Waals surface area contributed by atoms with Crippen molar-refractivity contribution in [3.05, 3.63) is 52.1 Å². The largest absolute Gasteiger partial charge is 0.406 e. The minimum Gasteiger partial charge on any atom is -0.376 e. The number of nitro groups is 1. The standard InChI is InChI=1S/C15H17FN4O3/c1-19-9-17-14(20(21)22)15(19)18-13(12-3-2-8-23-12)10-4-6-11(16)7-5-10/h4-7,9,12-13,18H,2-3,8H2,1H3. The van der Waals surface area contributed by atoms with Gasteiger partial charge in [0, 0.05) is 13.7 Å². The van der Waals surface area contributed by atoms with Gasteiger partial charge < -0.3 is 20.2 Å². The fourth-order valence-electron chi connectivity index (χ4n) is 2.79. The lowest BCUT2D eigenvalue weighted by Gasteiger charge is -2.25. The fraction of sp³-hybridized carbons (Fsp3) is 0.400. The van der Waals surface area contributed by atoms with Crippen LogP contribution in [0.5, 0.6) is 0 Å². The smallest absolute Gasteiger partial charge is 0.376 e. The molecule has 1 aliphatic heterocycles. The molecule has 8 heteroatoms. The molecular formula is C15H17FN4O3. The maximum Gasteiger partial charge on any atom is 0.406 e. The lowest BCUT2D eigenvalue weighted by Crippen LogP contribution is -2.26. The number of hydrogen-bond donors (Lipinski definition) is 1. The van der Waals surface area contributed by atoms with Crippen LogP contribution in [0.15, 0.2) is 30.6 Å². The number of aromatic nitrogens is 2. The van der Waals surface area contributed by atoms with Gasteiger partial charge in [-0.25, -0.2) is 4.39 Å². The first-order chi connectivity index (χ1) is 11.1. The molecule has 0 amide bonds. The van der Waals surface area contributed by atoms with Crippen LogP contribution in [0, 0.1) is 15.9 Å². The highest BCUT2D eigenvalue weighted by Crippen LogP contribution is 2.33. The Hall–Kier alpha value is -2.48. The summed E-state index contributed by atoms with van der Waals surface area (Å²) in [5, 5.41) is 14.3. The molecule has 2 atom stereocenters. The van der Waals surface area contributed by atoms with E-state index in [-0.39, 0.29) is 23.8 Å². The van der Waals surface area contributed by atoms with Gasteiger partial charge in [0.2, 0.25) is 12.1 Å². The molecule has 0 radical (unpaired) electrons. The van der Waals surface area contributed by atoms with E-state index >= 15 is 0 Å². The van der Waals surface area contributed by atoms with Crippen LogP contribution >= 0.6 is 0 Å². The van der Waals surface area contributed by atoms with E-state index in [0.29, 0.717) is 12.4 Å². The van der Waals surface area contributed by atoms with Crippen LogP contribution in [-0.4, -0.2) is 27.2 Å². The second kappa shape index (κ2) is 6.33. The molecule has 0 bridgehead atoms. The van der Waals surface area contributed by atoms with Gasteiger partial charge in [-0.15, -0.1) is 0 Å². The third-order valence-electron chi connectivity index (χ3n) is 3.95. The summed E-state index contributed by atoms with van der Waals surface area (Å²) in [6.45, 7) is 0.650.